The minimum atomic E-state index is -0.476. The van der Waals surface area contributed by atoms with Gasteiger partial charge >= 0.3 is 0 Å². The number of Topliss-reactive ketones (excluding diaryl/α,β-unsaturated/α-hetero) is 1. The van der Waals surface area contributed by atoms with Gasteiger partial charge in [0.2, 0.25) is 0 Å². The third-order valence-electron chi connectivity index (χ3n) is 4.58. The maximum atomic E-state index is 12.9. The van der Waals surface area contributed by atoms with Crippen LogP contribution in [0, 0.1) is 16.7 Å². The fourth-order valence-corrected chi connectivity index (χ4v) is 3.59. The lowest BCUT2D eigenvalue weighted by Crippen LogP contribution is -2.38. The van der Waals surface area contributed by atoms with Crippen molar-refractivity contribution in [2.75, 3.05) is 19.8 Å². The van der Waals surface area contributed by atoms with Crippen molar-refractivity contribution in [3.05, 3.63) is 46.7 Å². The highest BCUT2D eigenvalue weighted by atomic mass is 16.5. The van der Waals surface area contributed by atoms with Crippen molar-refractivity contribution >= 4 is 5.78 Å². The topological polar surface area (TPSA) is 101 Å². The van der Waals surface area contributed by atoms with Gasteiger partial charge in [-0.25, -0.2) is 0 Å². The number of dihydropyridines is 1. The van der Waals surface area contributed by atoms with Crippen molar-refractivity contribution in [1.29, 1.82) is 5.26 Å². The van der Waals surface area contributed by atoms with Crippen LogP contribution in [0.15, 0.2) is 45.4 Å². The first kappa shape index (κ1) is 17.5. The van der Waals surface area contributed by atoms with Crippen molar-refractivity contribution in [3.8, 4) is 6.07 Å². The van der Waals surface area contributed by atoms with Gasteiger partial charge < -0.3 is 20.2 Å². The van der Waals surface area contributed by atoms with Crippen LogP contribution in [0.1, 0.15) is 38.4 Å². The summed E-state index contributed by atoms with van der Waals surface area (Å²) in [4.78, 5) is 12.9. The van der Waals surface area contributed by atoms with E-state index in [1.54, 1.807) is 12.3 Å². The summed E-state index contributed by atoms with van der Waals surface area (Å²) in [6, 6.07) is 5.83. The lowest BCUT2D eigenvalue weighted by Gasteiger charge is -2.38. The van der Waals surface area contributed by atoms with Crippen molar-refractivity contribution in [2.24, 2.45) is 11.1 Å². The summed E-state index contributed by atoms with van der Waals surface area (Å²) in [6.45, 7) is 5.23. The predicted octanol–water partition coefficient (Wildman–Crippen LogP) is 2.36. The number of nitrogens with two attached hydrogens (primary N) is 1. The maximum Gasteiger partial charge on any atom is 0.162 e. The van der Waals surface area contributed by atoms with E-state index in [1.807, 2.05) is 6.07 Å². The molecule has 0 aromatic carbocycles. The van der Waals surface area contributed by atoms with Gasteiger partial charge in [0.15, 0.2) is 5.78 Å². The molecule has 2 aliphatic rings. The Labute approximate surface area is 147 Å². The molecule has 25 heavy (non-hydrogen) atoms. The Kier molecular flexibility index (Phi) is 4.80. The third kappa shape index (κ3) is 3.39. The van der Waals surface area contributed by atoms with E-state index >= 15 is 0 Å². The largest absolute Gasteiger partial charge is 0.468 e. The smallest absolute Gasteiger partial charge is 0.162 e. The van der Waals surface area contributed by atoms with E-state index < -0.39 is 5.92 Å². The average molecular weight is 341 g/mol. The van der Waals surface area contributed by atoms with Gasteiger partial charge in [-0.05, 0) is 24.0 Å². The summed E-state index contributed by atoms with van der Waals surface area (Å²) in [6.07, 6.45) is 2.77. The first-order chi connectivity index (χ1) is 12.0. The highest BCUT2D eigenvalue weighted by molar-refractivity contribution is 6.00. The fraction of sp³-hybridized carbons (Fsp3) is 0.474. The summed E-state index contributed by atoms with van der Waals surface area (Å²) in [5.74, 6) is 0.195. The second kappa shape index (κ2) is 6.87. The molecular weight excluding hydrogens is 318 g/mol. The lowest BCUT2D eigenvalue weighted by molar-refractivity contribution is -0.118. The number of nitrogens with zero attached hydrogens (tertiary/aromatic N) is 1. The number of carbonyl (C=O) groups is 1. The van der Waals surface area contributed by atoms with Crippen LogP contribution in [0.25, 0.3) is 0 Å². The Morgan fingerprint density at radius 3 is 2.92 bits per heavy atom. The highest BCUT2D eigenvalue weighted by Gasteiger charge is 2.42. The minimum Gasteiger partial charge on any atom is -0.468 e. The molecular formula is C19H23N3O3. The second-order valence-electron chi connectivity index (χ2n) is 7.25. The van der Waals surface area contributed by atoms with Crippen molar-refractivity contribution in [2.45, 2.75) is 32.6 Å². The number of nitrogens with one attached hydrogen (secondary N) is 1. The van der Waals surface area contributed by atoms with E-state index in [4.69, 9.17) is 14.9 Å². The lowest BCUT2D eigenvalue weighted by atomic mass is 9.70. The number of allylic oxidation sites excluding steroid dienone is 3. The van der Waals surface area contributed by atoms with Gasteiger partial charge in [0.05, 0.1) is 42.7 Å². The molecule has 6 heteroatoms. The summed E-state index contributed by atoms with van der Waals surface area (Å²) in [5.41, 5.74) is 8.03. The van der Waals surface area contributed by atoms with Crippen molar-refractivity contribution in [1.82, 2.24) is 5.32 Å². The Bertz CT molecular complexity index is 766. The SMILES string of the molecule is CC1(C)CC(=O)C2=C(C1)NC(COCCN)=C(C#N)C2c1ccco1. The molecule has 0 saturated heterocycles. The molecule has 1 unspecified atom stereocenters. The van der Waals surface area contributed by atoms with Crippen LogP contribution in [0.4, 0.5) is 0 Å². The van der Waals surface area contributed by atoms with Crippen LogP contribution >= 0.6 is 0 Å². The quantitative estimate of drug-likeness (QED) is 0.797. The number of ether oxygens (including phenoxy) is 1. The molecule has 0 fully saturated rings. The second-order valence-corrected chi connectivity index (χ2v) is 7.25. The molecule has 2 heterocycles. The molecule has 0 bridgehead atoms. The monoisotopic (exact) mass is 341 g/mol. The molecule has 1 aliphatic carbocycles. The zero-order valence-electron chi connectivity index (χ0n) is 14.6. The number of furan rings is 1. The van der Waals surface area contributed by atoms with Crippen LogP contribution in [-0.4, -0.2) is 25.5 Å². The van der Waals surface area contributed by atoms with Crippen LogP contribution in [0.3, 0.4) is 0 Å². The van der Waals surface area contributed by atoms with Crippen LogP contribution in [-0.2, 0) is 9.53 Å². The summed E-state index contributed by atoms with van der Waals surface area (Å²) >= 11 is 0. The zero-order valence-corrected chi connectivity index (χ0v) is 14.6. The number of ketones is 1. The molecule has 0 saturated carbocycles. The van der Waals surface area contributed by atoms with Gasteiger partial charge in [0.1, 0.15) is 5.76 Å². The minimum absolute atomic E-state index is 0.0647. The molecule has 3 N–H and O–H groups in total. The molecule has 0 amide bonds. The Morgan fingerprint density at radius 2 is 2.28 bits per heavy atom. The Hall–Kier alpha value is -2.36. The number of rotatable bonds is 5. The van der Waals surface area contributed by atoms with E-state index in [9.17, 15) is 10.1 Å². The summed E-state index contributed by atoms with van der Waals surface area (Å²) < 4.78 is 11.1. The maximum absolute atomic E-state index is 12.9. The van der Waals surface area contributed by atoms with Crippen LogP contribution in [0.2, 0.25) is 0 Å². The predicted molar refractivity (Wildman–Crippen MR) is 92.1 cm³/mol. The standard InChI is InChI=1S/C19H23N3O3/c1-19(2)8-13-18(15(23)9-19)17(16-4-3-6-25-16)12(10-21)14(22-13)11-24-7-5-20/h3-4,6,17,22H,5,7-9,11,20H2,1-2H3. The van der Waals surface area contributed by atoms with Gasteiger partial charge in [0.25, 0.3) is 0 Å². The van der Waals surface area contributed by atoms with Gasteiger partial charge in [-0.3, -0.25) is 4.79 Å². The van der Waals surface area contributed by atoms with E-state index in [0.717, 1.165) is 12.1 Å². The molecule has 0 radical (unpaired) electrons. The third-order valence-corrected chi connectivity index (χ3v) is 4.58. The van der Waals surface area contributed by atoms with Gasteiger partial charge in [-0.15, -0.1) is 0 Å². The molecule has 132 valence electrons. The van der Waals surface area contributed by atoms with Crippen LogP contribution < -0.4 is 11.1 Å². The average Bonchev–Trinajstić information content (AvgIpc) is 3.06. The number of nitriles is 1. The Balaban J connectivity index is 2.06. The molecule has 6 nitrogen and oxygen atoms in total. The normalized spacial score (nSPS) is 22.5. The van der Waals surface area contributed by atoms with Gasteiger partial charge in [-0.1, -0.05) is 13.8 Å². The highest BCUT2D eigenvalue weighted by Crippen LogP contribution is 2.46. The van der Waals surface area contributed by atoms with Crippen LogP contribution in [0.5, 0.6) is 0 Å². The van der Waals surface area contributed by atoms with E-state index in [0.29, 0.717) is 42.2 Å². The molecule has 1 aromatic heterocycles. The van der Waals surface area contributed by atoms with Crippen molar-refractivity contribution in [3.63, 3.8) is 0 Å². The summed E-state index contributed by atoms with van der Waals surface area (Å²) in [5, 5.41) is 13.1. The zero-order chi connectivity index (χ0) is 18.0. The van der Waals surface area contributed by atoms with Crippen molar-refractivity contribution < 1.29 is 13.9 Å². The van der Waals surface area contributed by atoms with E-state index in [2.05, 4.69) is 25.2 Å². The van der Waals surface area contributed by atoms with E-state index in [-0.39, 0.29) is 17.8 Å². The molecule has 1 aliphatic heterocycles. The van der Waals surface area contributed by atoms with E-state index in [1.165, 1.54) is 0 Å². The number of hydrogen-bond acceptors (Lipinski definition) is 6. The molecule has 3 rings (SSSR count). The summed E-state index contributed by atoms with van der Waals surface area (Å²) in [7, 11) is 0. The first-order valence-electron chi connectivity index (χ1n) is 8.44. The molecule has 0 spiro atoms. The Morgan fingerprint density at radius 1 is 1.48 bits per heavy atom. The first-order valence-corrected chi connectivity index (χ1v) is 8.44. The molecule has 1 atom stereocenters. The van der Waals surface area contributed by atoms with Gasteiger partial charge in [0, 0.05) is 24.2 Å². The number of carbonyl (C=O) groups excluding carboxylic acids is 1. The number of hydrogen-bond donors (Lipinski definition) is 2. The van der Waals surface area contributed by atoms with Gasteiger partial charge in [-0.2, -0.15) is 5.26 Å². The molecule has 1 aromatic rings. The fourth-order valence-electron chi connectivity index (χ4n) is 3.59.